The van der Waals surface area contributed by atoms with E-state index < -0.39 is 0 Å². The molecular formula is C13H14ClNOS. The van der Waals surface area contributed by atoms with E-state index >= 15 is 0 Å². The molecule has 0 bridgehead atoms. The normalized spacial score (nSPS) is 10.6. The molecule has 2 rings (SSSR count). The second-order valence-electron chi connectivity index (χ2n) is 3.74. The third kappa shape index (κ3) is 2.61. The van der Waals surface area contributed by atoms with Crippen LogP contribution in [0.3, 0.4) is 0 Å². The standard InChI is InChI=1S/C13H14ClNOS/c1-4-16-12-6-5-10(7-11(12)14)13-15-8(2)9(3)17-13/h5-7H,4H2,1-3H3. The molecule has 1 aromatic carbocycles. The number of hydrogen-bond donors (Lipinski definition) is 0. The molecule has 1 aromatic heterocycles. The van der Waals surface area contributed by atoms with Crippen LogP contribution in [0.25, 0.3) is 10.6 Å². The topological polar surface area (TPSA) is 22.1 Å². The Labute approximate surface area is 110 Å². The molecule has 17 heavy (non-hydrogen) atoms. The third-order valence-corrected chi connectivity index (χ3v) is 3.92. The number of nitrogens with zero attached hydrogens (tertiary/aromatic N) is 1. The molecule has 4 heteroatoms. The van der Waals surface area contributed by atoms with Crippen molar-refractivity contribution in [2.24, 2.45) is 0 Å². The van der Waals surface area contributed by atoms with Crippen molar-refractivity contribution in [3.8, 4) is 16.3 Å². The molecule has 0 amide bonds. The molecule has 0 saturated carbocycles. The maximum atomic E-state index is 6.16. The molecule has 0 N–H and O–H groups in total. The van der Waals surface area contributed by atoms with Gasteiger partial charge in [0.1, 0.15) is 10.8 Å². The van der Waals surface area contributed by atoms with Gasteiger partial charge < -0.3 is 4.74 Å². The summed E-state index contributed by atoms with van der Waals surface area (Å²) in [7, 11) is 0. The van der Waals surface area contributed by atoms with Gasteiger partial charge in [-0.3, -0.25) is 0 Å². The van der Waals surface area contributed by atoms with Crippen LogP contribution < -0.4 is 4.74 Å². The first kappa shape index (κ1) is 12.4. The molecule has 0 fully saturated rings. The van der Waals surface area contributed by atoms with E-state index in [1.54, 1.807) is 11.3 Å². The first-order valence-corrected chi connectivity index (χ1v) is 6.68. The van der Waals surface area contributed by atoms with Gasteiger partial charge in [-0.2, -0.15) is 0 Å². The number of aromatic nitrogens is 1. The molecule has 0 aliphatic heterocycles. The molecule has 2 nitrogen and oxygen atoms in total. The van der Waals surface area contributed by atoms with E-state index in [1.165, 1.54) is 4.88 Å². The molecule has 0 radical (unpaired) electrons. The fourth-order valence-corrected chi connectivity index (χ4v) is 2.65. The Morgan fingerprint density at radius 2 is 2.12 bits per heavy atom. The van der Waals surface area contributed by atoms with Crippen LogP contribution in [0, 0.1) is 13.8 Å². The average Bonchev–Trinajstić information content (AvgIpc) is 2.62. The highest BCUT2D eigenvalue weighted by atomic mass is 35.5. The van der Waals surface area contributed by atoms with E-state index in [-0.39, 0.29) is 0 Å². The Bertz CT molecular complexity index is 517. The van der Waals surface area contributed by atoms with E-state index in [4.69, 9.17) is 16.3 Å². The van der Waals surface area contributed by atoms with Crippen molar-refractivity contribution in [3.05, 3.63) is 33.8 Å². The van der Waals surface area contributed by atoms with Crippen molar-refractivity contribution in [1.82, 2.24) is 4.98 Å². The molecule has 2 aromatic rings. The molecular weight excluding hydrogens is 254 g/mol. The molecule has 0 saturated heterocycles. The summed E-state index contributed by atoms with van der Waals surface area (Å²) in [6.45, 7) is 6.66. The summed E-state index contributed by atoms with van der Waals surface area (Å²) in [5, 5.41) is 1.64. The molecule has 1 heterocycles. The lowest BCUT2D eigenvalue weighted by Gasteiger charge is -2.06. The Hall–Kier alpha value is -1.06. The zero-order chi connectivity index (χ0) is 12.4. The Morgan fingerprint density at radius 1 is 1.35 bits per heavy atom. The van der Waals surface area contributed by atoms with Gasteiger partial charge in [0.25, 0.3) is 0 Å². The highest BCUT2D eigenvalue weighted by Gasteiger charge is 2.09. The molecule has 0 spiro atoms. The van der Waals surface area contributed by atoms with Crippen molar-refractivity contribution in [2.75, 3.05) is 6.61 Å². The number of aryl methyl sites for hydroxylation is 2. The second-order valence-corrected chi connectivity index (χ2v) is 5.35. The molecule has 0 aliphatic carbocycles. The summed E-state index contributed by atoms with van der Waals surface area (Å²) in [6, 6.07) is 5.80. The van der Waals surface area contributed by atoms with Crippen LogP contribution in [0.2, 0.25) is 5.02 Å². The minimum absolute atomic E-state index is 0.620. The Kier molecular flexibility index (Phi) is 3.69. The van der Waals surface area contributed by atoms with Crippen molar-refractivity contribution in [1.29, 1.82) is 0 Å². The number of rotatable bonds is 3. The molecule has 0 unspecified atom stereocenters. The van der Waals surface area contributed by atoms with E-state index in [9.17, 15) is 0 Å². The van der Waals surface area contributed by atoms with E-state index in [0.717, 1.165) is 22.0 Å². The van der Waals surface area contributed by atoms with Crippen LogP contribution in [0.15, 0.2) is 18.2 Å². The maximum Gasteiger partial charge on any atom is 0.137 e. The summed E-state index contributed by atoms with van der Waals surface area (Å²) >= 11 is 7.84. The van der Waals surface area contributed by atoms with Crippen LogP contribution in [-0.4, -0.2) is 11.6 Å². The molecule has 90 valence electrons. The number of benzene rings is 1. The lowest BCUT2D eigenvalue weighted by molar-refractivity contribution is 0.340. The summed E-state index contributed by atoms with van der Waals surface area (Å²) in [4.78, 5) is 5.76. The van der Waals surface area contributed by atoms with Crippen LogP contribution in [-0.2, 0) is 0 Å². The van der Waals surface area contributed by atoms with Crippen molar-refractivity contribution in [2.45, 2.75) is 20.8 Å². The first-order chi connectivity index (χ1) is 8.11. The Morgan fingerprint density at radius 3 is 2.65 bits per heavy atom. The van der Waals surface area contributed by atoms with Crippen LogP contribution in [0.5, 0.6) is 5.75 Å². The summed E-state index contributed by atoms with van der Waals surface area (Å²) in [5.74, 6) is 0.725. The van der Waals surface area contributed by atoms with Gasteiger partial charge in [-0.05, 0) is 39.0 Å². The van der Waals surface area contributed by atoms with Gasteiger partial charge in [-0.1, -0.05) is 11.6 Å². The zero-order valence-electron chi connectivity index (χ0n) is 10.1. The summed E-state index contributed by atoms with van der Waals surface area (Å²) in [5.41, 5.74) is 2.12. The van der Waals surface area contributed by atoms with E-state index in [2.05, 4.69) is 11.9 Å². The van der Waals surface area contributed by atoms with Gasteiger partial charge in [-0.25, -0.2) is 4.98 Å². The minimum Gasteiger partial charge on any atom is -0.492 e. The molecule has 0 aliphatic rings. The van der Waals surface area contributed by atoms with Gasteiger partial charge in [0.05, 0.1) is 17.3 Å². The molecule has 0 atom stereocenters. The predicted octanol–water partition coefficient (Wildman–Crippen LogP) is 4.48. The lowest BCUT2D eigenvalue weighted by atomic mass is 10.2. The number of hydrogen-bond acceptors (Lipinski definition) is 3. The second kappa shape index (κ2) is 5.07. The van der Waals surface area contributed by atoms with Crippen molar-refractivity contribution < 1.29 is 4.74 Å². The highest BCUT2D eigenvalue weighted by Crippen LogP contribution is 2.33. The van der Waals surface area contributed by atoms with Crippen molar-refractivity contribution in [3.63, 3.8) is 0 Å². The quantitative estimate of drug-likeness (QED) is 0.818. The van der Waals surface area contributed by atoms with Crippen LogP contribution in [0.1, 0.15) is 17.5 Å². The van der Waals surface area contributed by atoms with Gasteiger partial charge in [-0.15, -0.1) is 11.3 Å². The van der Waals surface area contributed by atoms with Gasteiger partial charge in [0.2, 0.25) is 0 Å². The fourth-order valence-electron chi connectivity index (χ4n) is 1.50. The largest absolute Gasteiger partial charge is 0.492 e. The number of thiazole rings is 1. The first-order valence-electron chi connectivity index (χ1n) is 5.48. The van der Waals surface area contributed by atoms with Gasteiger partial charge in [0, 0.05) is 10.4 Å². The minimum atomic E-state index is 0.620. The number of halogens is 1. The predicted molar refractivity (Wildman–Crippen MR) is 73.2 cm³/mol. The van der Waals surface area contributed by atoms with E-state index in [1.807, 2.05) is 32.0 Å². The Balaban J connectivity index is 2.37. The monoisotopic (exact) mass is 267 g/mol. The van der Waals surface area contributed by atoms with Gasteiger partial charge >= 0.3 is 0 Å². The highest BCUT2D eigenvalue weighted by molar-refractivity contribution is 7.15. The fraction of sp³-hybridized carbons (Fsp3) is 0.308. The third-order valence-electron chi connectivity index (χ3n) is 2.51. The summed E-state index contributed by atoms with van der Waals surface area (Å²) < 4.78 is 5.41. The SMILES string of the molecule is CCOc1ccc(-c2nc(C)c(C)s2)cc1Cl. The lowest BCUT2D eigenvalue weighted by Crippen LogP contribution is -1.92. The van der Waals surface area contributed by atoms with Crippen molar-refractivity contribution >= 4 is 22.9 Å². The van der Waals surface area contributed by atoms with Gasteiger partial charge in [0.15, 0.2) is 0 Å². The summed E-state index contributed by atoms with van der Waals surface area (Å²) in [6.07, 6.45) is 0. The maximum absolute atomic E-state index is 6.16. The van der Waals surface area contributed by atoms with E-state index in [0.29, 0.717) is 11.6 Å². The van der Waals surface area contributed by atoms with Crippen LogP contribution in [0.4, 0.5) is 0 Å². The zero-order valence-corrected chi connectivity index (χ0v) is 11.7. The van der Waals surface area contributed by atoms with Crippen LogP contribution >= 0.6 is 22.9 Å². The average molecular weight is 268 g/mol. The smallest absolute Gasteiger partial charge is 0.137 e. The number of ether oxygens (including phenoxy) is 1.